The first-order chi connectivity index (χ1) is 11.5. The number of rotatable bonds is 4. The standard InChI is InChI=1S/C15H9N5O4/c21-12-6-5-11-14(18-19-17-11)15(12)16-13(22)7-4-9-2-1-3-10(8-9)20(23)24/h1-8H,(H,16,22). The Balaban J connectivity index is 1.75. The largest absolute Gasteiger partial charge is 0.317 e. The monoisotopic (exact) mass is 323 g/mol. The highest BCUT2D eigenvalue weighted by atomic mass is 16.6. The fourth-order valence-corrected chi connectivity index (χ4v) is 2.06. The van der Waals surface area contributed by atoms with E-state index in [1.54, 1.807) is 6.07 Å². The van der Waals surface area contributed by atoms with Gasteiger partial charge in [-0.15, -0.1) is 10.2 Å². The molecule has 0 aromatic heterocycles. The summed E-state index contributed by atoms with van der Waals surface area (Å²) >= 11 is 0. The van der Waals surface area contributed by atoms with E-state index >= 15 is 0 Å². The van der Waals surface area contributed by atoms with Gasteiger partial charge in [0.05, 0.1) is 4.92 Å². The molecule has 0 spiro atoms. The van der Waals surface area contributed by atoms with Gasteiger partial charge in [0.2, 0.25) is 11.7 Å². The van der Waals surface area contributed by atoms with E-state index in [1.807, 2.05) is 0 Å². The molecule has 118 valence electrons. The zero-order valence-electron chi connectivity index (χ0n) is 12.0. The van der Waals surface area contributed by atoms with Gasteiger partial charge in [0.1, 0.15) is 17.1 Å². The van der Waals surface area contributed by atoms with Gasteiger partial charge in [-0.25, -0.2) is 0 Å². The van der Waals surface area contributed by atoms with Gasteiger partial charge < -0.3 is 5.32 Å². The van der Waals surface area contributed by atoms with Gasteiger partial charge in [-0.05, 0) is 29.0 Å². The van der Waals surface area contributed by atoms with Crippen LogP contribution in [0.4, 0.5) is 5.69 Å². The normalized spacial score (nSPS) is 15.7. The third kappa shape index (κ3) is 3.04. The van der Waals surface area contributed by atoms with E-state index in [-0.39, 0.29) is 17.1 Å². The van der Waals surface area contributed by atoms with E-state index in [0.29, 0.717) is 11.3 Å². The van der Waals surface area contributed by atoms with Crippen LogP contribution in [0.5, 0.6) is 0 Å². The van der Waals surface area contributed by atoms with Crippen LogP contribution < -0.4 is 5.32 Å². The van der Waals surface area contributed by atoms with Crippen molar-refractivity contribution in [3.63, 3.8) is 0 Å². The summed E-state index contributed by atoms with van der Waals surface area (Å²) in [6, 6.07) is 5.81. The van der Waals surface area contributed by atoms with Crippen molar-refractivity contribution >= 4 is 29.2 Å². The Morgan fingerprint density at radius 1 is 1.29 bits per heavy atom. The van der Waals surface area contributed by atoms with Crippen molar-refractivity contribution in [2.75, 3.05) is 0 Å². The number of carbonyl (C=O) groups is 2. The van der Waals surface area contributed by atoms with Gasteiger partial charge in [0.15, 0.2) is 0 Å². The first-order valence-electron chi connectivity index (χ1n) is 6.74. The molecule has 9 nitrogen and oxygen atoms in total. The Kier molecular flexibility index (Phi) is 3.89. The van der Waals surface area contributed by atoms with Crippen molar-refractivity contribution in [3.8, 4) is 0 Å². The van der Waals surface area contributed by atoms with Crippen LogP contribution in [0.25, 0.3) is 6.08 Å². The molecule has 1 aliphatic heterocycles. The third-order valence-corrected chi connectivity index (χ3v) is 3.17. The summed E-state index contributed by atoms with van der Waals surface area (Å²) in [6.45, 7) is 0. The number of nitrogens with zero attached hydrogens (tertiary/aromatic N) is 4. The number of hydrogen-bond acceptors (Lipinski definition) is 7. The number of hydrogen-bond donors (Lipinski definition) is 1. The molecule has 1 heterocycles. The lowest BCUT2D eigenvalue weighted by atomic mass is 10.1. The Hall–Kier alpha value is -3.75. The summed E-state index contributed by atoms with van der Waals surface area (Å²) in [4.78, 5) is 34.0. The van der Waals surface area contributed by atoms with Crippen LogP contribution >= 0.6 is 0 Å². The zero-order valence-corrected chi connectivity index (χ0v) is 12.0. The maximum atomic E-state index is 12.0. The Labute approximate surface area is 134 Å². The van der Waals surface area contributed by atoms with Gasteiger partial charge in [0, 0.05) is 18.2 Å². The summed E-state index contributed by atoms with van der Waals surface area (Å²) in [6.07, 6.45) is 5.30. The van der Waals surface area contributed by atoms with Crippen molar-refractivity contribution in [1.29, 1.82) is 0 Å². The number of nitrogens with one attached hydrogen (secondary N) is 1. The van der Waals surface area contributed by atoms with Crippen LogP contribution in [-0.2, 0) is 9.59 Å². The molecule has 0 fully saturated rings. The van der Waals surface area contributed by atoms with Gasteiger partial charge in [-0.2, -0.15) is 0 Å². The fraction of sp³-hybridized carbons (Fsp3) is 0. The lowest BCUT2D eigenvalue weighted by Gasteiger charge is -2.10. The van der Waals surface area contributed by atoms with E-state index in [1.165, 1.54) is 42.5 Å². The third-order valence-electron chi connectivity index (χ3n) is 3.17. The molecule has 1 aromatic rings. The minimum absolute atomic E-state index is 0.00816. The number of carbonyl (C=O) groups excluding carboxylic acids is 2. The molecular formula is C15H9N5O4. The van der Waals surface area contributed by atoms with Crippen LogP contribution in [0, 0.1) is 10.1 Å². The highest BCUT2D eigenvalue weighted by Gasteiger charge is 2.25. The van der Waals surface area contributed by atoms with E-state index in [2.05, 4.69) is 20.8 Å². The number of nitro groups is 1. The van der Waals surface area contributed by atoms with E-state index in [4.69, 9.17) is 0 Å². The van der Waals surface area contributed by atoms with Crippen molar-refractivity contribution in [2.45, 2.75) is 0 Å². The average molecular weight is 323 g/mol. The van der Waals surface area contributed by atoms with Crippen LogP contribution in [0.1, 0.15) is 5.56 Å². The van der Waals surface area contributed by atoms with Crippen molar-refractivity contribution < 1.29 is 14.5 Å². The number of fused-ring (bicyclic) bond motifs is 1. The maximum Gasteiger partial charge on any atom is 0.270 e. The highest BCUT2D eigenvalue weighted by molar-refractivity contribution is 6.23. The number of nitro benzene ring substituents is 1. The minimum atomic E-state index is -0.575. The summed E-state index contributed by atoms with van der Waals surface area (Å²) in [5.74, 6) is -0.990. The summed E-state index contributed by atoms with van der Waals surface area (Å²) < 4.78 is 0. The second kappa shape index (κ2) is 6.16. The molecule has 0 saturated heterocycles. The topological polar surface area (TPSA) is 126 Å². The highest BCUT2D eigenvalue weighted by Crippen LogP contribution is 2.20. The lowest BCUT2D eigenvalue weighted by molar-refractivity contribution is -0.384. The molecular weight excluding hydrogens is 314 g/mol. The van der Waals surface area contributed by atoms with E-state index in [0.717, 1.165) is 0 Å². The van der Waals surface area contributed by atoms with E-state index < -0.39 is 16.6 Å². The van der Waals surface area contributed by atoms with Gasteiger partial charge in [0.25, 0.3) is 5.69 Å². The molecule has 0 radical (unpaired) electrons. The Bertz CT molecular complexity index is 908. The van der Waals surface area contributed by atoms with Crippen LogP contribution in [0.2, 0.25) is 0 Å². The minimum Gasteiger partial charge on any atom is -0.317 e. The summed E-state index contributed by atoms with van der Waals surface area (Å²) in [7, 11) is 0. The van der Waals surface area contributed by atoms with Gasteiger partial charge in [-0.1, -0.05) is 12.1 Å². The SMILES string of the molecule is O=C(C=Cc1cccc([N+](=O)[O-])c1)NC1=C2N=NN=C2C=CC1=O. The second-order valence-electron chi connectivity index (χ2n) is 4.77. The molecule has 2 aliphatic rings. The molecule has 1 aromatic carbocycles. The molecule has 1 amide bonds. The zero-order chi connectivity index (χ0) is 17.1. The molecule has 0 unspecified atom stereocenters. The smallest absolute Gasteiger partial charge is 0.270 e. The summed E-state index contributed by atoms with van der Waals surface area (Å²) in [5.41, 5.74) is 0.996. The van der Waals surface area contributed by atoms with Crippen LogP contribution in [-0.4, -0.2) is 22.3 Å². The maximum absolute atomic E-state index is 12.0. The van der Waals surface area contributed by atoms with Crippen molar-refractivity contribution in [1.82, 2.24) is 5.32 Å². The predicted octanol–water partition coefficient (Wildman–Crippen LogP) is 1.90. The fourth-order valence-electron chi connectivity index (χ4n) is 2.06. The lowest BCUT2D eigenvalue weighted by Crippen LogP contribution is -2.29. The molecule has 1 aliphatic carbocycles. The number of non-ortho nitro benzene ring substituents is 1. The van der Waals surface area contributed by atoms with Crippen LogP contribution in [0.3, 0.4) is 0 Å². The molecule has 0 atom stereocenters. The average Bonchev–Trinajstić information content (AvgIpc) is 3.05. The van der Waals surface area contributed by atoms with Gasteiger partial charge >= 0.3 is 0 Å². The predicted molar refractivity (Wildman–Crippen MR) is 83.7 cm³/mol. The first-order valence-corrected chi connectivity index (χ1v) is 6.74. The quantitative estimate of drug-likeness (QED) is 0.393. The molecule has 24 heavy (non-hydrogen) atoms. The van der Waals surface area contributed by atoms with Crippen molar-refractivity contribution in [3.05, 3.63) is 69.6 Å². The second-order valence-corrected chi connectivity index (χ2v) is 4.77. The Morgan fingerprint density at radius 2 is 2.12 bits per heavy atom. The molecule has 0 bridgehead atoms. The number of allylic oxidation sites excluding steroid dienone is 2. The van der Waals surface area contributed by atoms with Crippen molar-refractivity contribution in [2.24, 2.45) is 15.4 Å². The van der Waals surface area contributed by atoms with Crippen LogP contribution in [0.15, 0.2) is 69.3 Å². The molecule has 1 N–H and O–H groups in total. The first kappa shape index (κ1) is 15.2. The van der Waals surface area contributed by atoms with Gasteiger partial charge in [-0.3, -0.25) is 19.7 Å². The number of ketones is 1. The summed E-state index contributed by atoms with van der Waals surface area (Å²) in [5, 5.41) is 24.0. The molecule has 3 rings (SSSR count). The number of amides is 1. The molecule has 0 saturated carbocycles. The Morgan fingerprint density at radius 3 is 2.92 bits per heavy atom. The van der Waals surface area contributed by atoms with E-state index in [9.17, 15) is 19.7 Å². The molecule has 9 heteroatoms. The number of benzene rings is 1.